The molecule has 0 atom stereocenters. The summed E-state index contributed by atoms with van der Waals surface area (Å²) in [5, 5.41) is 9.78. The van der Waals surface area contributed by atoms with Gasteiger partial charge in [0.15, 0.2) is 0 Å². The van der Waals surface area contributed by atoms with Crippen LogP contribution in [-0.2, 0) is 10.1 Å². The summed E-state index contributed by atoms with van der Waals surface area (Å²) in [6.07, 6.45) is -0.801. The molecular formula is C11H14BrF2N3O3. The van der Waals surface area contributed by atoms with Crippen LogP contribution in [0.1, 0.15) is 26.5 Å². The van der Waals surface area contributed by atoms with Crippen LogP contribution in [0.15, 0.2) is 6.07 Å². The highest BCUT2D eigenvalue weighted by Crippen LogP contribution is 2.24. The monoisotopic (exact) mass is 353 g/mol. The maximum atomic E-state index is 12.2. The van der Waals surface area contributed by atoms with Gasteiger partial charge in [-0.05, 0) is 26.8 Å². The van der Waals surface area contributed by atoms with Crippen molar-refractivity contribution in [1.29, 1.82) is 0 Å². The van der Waals surface area contributed by atoms with Crippen LogP contribution >= 0.6 is 15.9 Å². The predicted molar refractivity (Wildman–Crippen MR) is 71.2 cm³/mol. The van der Waals surface area contributed by atoms with Gasteiger partial charge in [0.25, 0.3) is 5.88 Å². The lowest BCUT2D eigenvalue weighted by atomic mass is 10.2. The highest BCUT2D eigenvalue weighted by Gasteiger charge is 2.20. The van der Waals surface area contributed by atoms with E-state index in [0.29, 0.717) is 11.0 Å². The lowest BCUT2D eigenvalue weighted by molar-refractivity contribution is -0.0530. The first-order valence-corrected chi connectivity index (χ1v) is 6.71. The second-order valence-corrected chi connectivity index (χ2v) is 5.25. The maximum absolute atomic E-state index is 12.2. The number of hydrogen-bond donors (Lipinski definition) is 1. The highest BCUT2D eigenvalue weighted by atomic mass is 79.9. The quantitative estimate of drug-likeness (QED) is 0.840. The minimum absolute atomic E-state index is 0.0380. The standard InChI is InChI=1S/C11H14BrF2N3O3/c1-11(2,3)20-10(18)15-7-4-6(5-12)16-17-8(7)19-9(13)14/h4,9H,5H2,1-3H3,(H,15,16,18). The molecule has 6 nitrogen and oxygen atoms in total. The average Bonchev–Trinajstić information content (AvgIpc) is 2.28. The molecule has 0 aliphatic heterocycles. The molecule has 1 heterocycles. The second kappa shape index (κ2) is 6.78. The lowest BCUT2D eigenvalue weighted by Crippen LogP contribution is -2.27. The molecule has 0 aliphatic carbocycles. The van der Waals surface area contributed by atoms with E-state index in [9.17, 15) is 13.6 Å². The van der Waals surface area contributed by atoms with E-state index in [1.807, 2.05) is 0 Å². The molecule has 112 valence electrons. The van der Waals surface area contributed by atoms with E-state index in [0.717, 1.165) is 0 Å². The van der Waals surface area contributed by atoms with Gasteiger partial charge in [-0.1, -0.05) is 15.9 Å². The number of carbonyl (C=O) groups excluding carboxylic acids is 1. The Labute approximate surface area is 123 Å². The van der Waals surface area contributed by atoms with Crippen molar-refractivity contribution < 1.29 is 23.0 Å². The smallest absolute Gasteiger partial charge is 0.412 e. The van der Waals surface area contributed by atoms with Crippen LogP contribution in [0, 0.1) is 0 Å². The summed E-state index contributed by atoms with van der Waals surface area (Å²) < 4.78 is 33.7. The minimum atomic E-state index is -3.07. The summed E-state index contributed by atoms with van der Waals surface area (Å²) in [5.74, 6) is -0.476. The Morgan fingerprint density at radius 3 is 2.60 bits per heavy atom. The SMILES string of the molecule is CC(C)(C)OC(=O)Nc1cc(CBr)nnc1OC(F)F. The van der Waals surface area contributed by atoms with Crippen LogP contribution in [0.25, 0.3) is 0 Å². The number of hydrogen-bond acceptors (Lipinski definition) is 5. The molecule has 0 bridgehead atoms. The zero-order valence-corrected chi connectivity index (χ0v) is 12.7. The zero-order valence-electron chi connectivity index (χ0n) is 11.1. The van der Waals surface area contributed by atoms with Crippen molar-refractivity contribution in [1.82, 2.24) is 10.2 Å². The summed E-state index contributed by atoms with van der Waals surface area (Å²) in [4.78, 5) is 11.6. The van der Waals surface area contributed by atoms with E-state index in [4.69, 9.17) is 4.74 Å². The van der Waals surface area contributed by atoms with Crippen LogP contribution < -0.4 is 10.1 Å². The van der Waals surface area contributed by atoms with Gasteiger partial charge < -0.3 is 9.47 Å². The number of carbonyl (C=O) groups is 1. The first kappa shape index (κ1) is 16.5. The van der Waals surface area contributed by atoms with E-state index in [1.54, 1.807) is 20.8 Å². The Bertz CT molecular complexity index is 480. The van der Waals surface area contributed by atoms with Gasteiger partial charge in [-0.25, -0.2) is 4.79 Å². The summed E-state index contributed by atoms with van der Waals surface area (Å²) >= 11 is 3.15. The first-order valence-electron chi connectivity index (χ1n) is 5.58. The summed E-state index contributed by atoms with van der Waals surface area (Å²) in [6, 6.07) is 1.36. The Balaban J connectivity index is 2.92. The molecule has 9 heteroatoms. The number of alkyl halides is 3. The Hall–Kier alpha value is -1.51. The van der Waals surface area contributed by atoms with Crippen molar-refractivity contribution in [3.63, 3.8) is 0 Å². The van der Waals surface area contributed by atoms with E-state index in [1.165, 1.54) is 6.07 Å². The molecule has 20 heavy (non-hydrogen) atoms. The molecule has 1 amide bonds. The molecule has 0 fully saturated rings. The Kier molecular flexibility index (Phi) is 5.61. The van der Waals surface area contributed by atoms with Gasteiger partial charge >= 0.3 is 12.7 Å². The number of halogens is 3. The fourth-order valence-corrected chi connectivity index (χ4v) is 1.43. The largest absolute Gasteiger partial charge is 0.444 e. The highest BCUT2D eigenvalue weighted by molar-refractivity contribution is 9.08. The van der Waals surface area contributed by atoms with E-state index >= 15 is 0 Å². The topological polar surface area (TPSA) is 73.3 Å². The molecule has 1 rings (SSSR count). The van der Waals surface area contributed by atoms with Crippen molar-refractivity contribution in [2.75, 3.05) is 5.32 Å². The predicted octanol–water partition coefficient (Wildman–Crippen LogP) is 3.32. The average molecular weight is 354 g/mol. The molecule has 0 radical (unpaired) electrons. The van der Waals surface area contributed by atoms with Crippen LogP contribution in [0.2, 0.25) is 0 Å². The number of ether oxygens (including phenoxy) is 2. The van der Waals surface area contributed by atoms with Crippen molar-refractivity contribution in [2.24, 2.45) is 0 Å². The lowest BCUT2D eigenvalue weighted by Gasteiger charge is -2.20. The third kappa shape index (κ3) is 5.64. The van der Waals surface area contributed by atoms with Gasteiger partial charge in [-0.3, -0.25) is 5.32 Å². The number of anilines is 1. The maximum Gasteiger partial charge on any atom is 0.412 e. The minimum Gasteiger partial charge on any atom is -0.444 e. The molecule has 0 unspecified atom stereocenters. The van der Waals surface area contributed by atoms with Gasteiger partial charge in [0.05, 0.1) is 5.69 Å². The van der Waals surface area contributed by atoms with Gasteiger partial charge in [0, 0.05) is 5.33 Å². The number of rotatable bonds is 4. The fourth-order valence-electron chi connectivity index (χ4n) is 1.16. The molecule has 1 aromatic rings. The summed E-state index contributed by atoms with van der Waals surface area (Å²) in [6.45, 7) is 1.96. The normalized spacial score (nSPS) is 11.3. The van der Waals surface area contributed by atoms with Crippen LogP contribution in [0.4, 0.5) is 19.3 Å². The molecule has 0 spiro atoms. The van der Waals surface area contributed by atoms with Gasteiger partial charge in [-0.2, -0.15) is 13.9 Å². The van der Waals surface area contributed by atoms with Crippen molar-refractivity contribution in [3.8, 4) is 5.88 Å². The number of nitrogens with zero attached hydrogens (tertiary/aromatic N) is 2. The van der Waals surface area contributed by atoms with Gasteiger partial charge in [0.2, 0.25) is 0 Å². The fraction of sp³-hybridized carbons (Fsp3) is 0.545. The number of amides is 1. The van der Waals surface area contributed by atoms with Gasteiger partial charge in [0.1, 0.15) is 11.3 Å². The molecule has 0 aliphatic rings. The molecular weight excluding hydrogens is 340 g/mol. The van der Waals surface area contributed by atoms with Crippen LogP contribution in [0.5, 0.6) is 5.88 Å². The Morgan fingerprint density at radius 2 is 2.10 bits per heavy atom. The molecule has 0 saturated carbocycles. The third-order valence-electron chi connectivity index (χ3n) is 1.78. The van der Waals surface area contributed by atoms with Crippen LogP contribution in [0.3, 0.4) is 0 Å². The Morgan fingerprint density at radius 1 is 1.45 bits per heavy atom. The third-order valence-corrected chi connectivity index (χ3v) is 2.36. The first-order chi connectivity index (χ1) is 9.21. The summed E-state index contributed by atoms with van der Waals surface area (Å²) in [7, 11) is 0. The van der Waals surface area contributed by atoms with E-state index < -0.39 is 24.2 Å². The number of nitrogens with one attached hydrogen (secondary N) is 1. The van der Waals surface area contributed by atoms with E-state index in [-0.39, 0.29) is 5.69 Å². The van der Waals surface area contributed by atoms with Crippen molar-refractivity contribution in [3.05, 3.63) is 11.8 Å². The van der Waals surface area contributed by atoms with Crippen LogP contribution in [-0.4, -0.2) is 28.5 Å². The summed E-state index contributed by atoms with van der Waals surface area (Å²) in [5.41, 5.74) is -0.311. The molecule has 1 aromatic heterocycles. The molecule has 0 saturated heterocycles. The zero-order chi connectivity index (χ0) is 15.3. The van der Waals surface area contributed by atoms with E-state index in [2.05, 4.69) is 36.2 Å². The van der Waals surface area contributed by atoms with Crippen molar-refractivity contribution >= 4 is 27.7 Å². The molecule has 0 aromatic carbocycles. The second-order valence-electron chi connectivity index (χ2n) is 4.69. The van der Waals surface area contributed by atoms with Gasteiger partial charge in [-0.15, -0.1) is 5.10 Å². The van der Waals surface area contributed by atoms with Crippen molar-refractivity contribution in [2.45, 2.75) is 38.3 Å². The molecule has 1 N–H and O–H groups in total. The number of aromatic nitrogens is 2.